The topological polar surface area (TPSA) is 89.9 Å². The summed E-state index contributed by atoms with van der Waals surface area (Å²) >= 11 is 0. The van der Waals surface area contributed by atoms with Crippen molar-refractivity contribution >= 4 is 17.7 Å². The van der Waals surface area contributed by atoms with Gasteiger partial charge in [-0.15, -0.1) is 0 Å². The number of carbonyl (C=O) groups excluding carboxylic acids is 3. The Balaban J connectivity index is 1.71. The normalized spacial score (nSPS) is 45.6. The molecule has 4 aliphatic rings. The second kappa shape index (κ2) is 9.79. The summed E-state index contributed by atoms with van der Waals surface area (Å²) < 4.78 is 11.0. The summed E-state index contributed by atoms with van der Waals surface area (Å²) in [5.74, 6) is 1.38. The number of hydrogen-bond acceptors (Lipinski definition) is 6. The van der Waals surface area contributed by atoms with Crippen molar-refractivity contribution in [2.75, 3.05) is 7.11 Å². The maximum absolute atomic E-state index is 14.1. The Bertz CT molecular complexity index is 839. The monoisotopic (exact) mass is 490 g/mol. The minimum Gasteiger partial charge on any atom is -0.469 e. The van der Waals surface area contributed by atoms with Crippen LogP contribution in [0, 0.1) is 52.3 Å². The van der Waals surface area contributed by atoms with Gasteiger partial charge in [0.25, 0.3) is 0 Å². The van der Waals surface area contributed by atoms with Crippen LogP contribution in [-0.4, -0.2) is 42.1 Å². The van der Waals surface area contributed by atoms with Gasteiger partial charge in [-0.2, -0.15) is 0 Å². The molecule has 11 atom stereocenters. The van der Waals surface area contributed by atoms with E-state index in [9.17, 15) is 19.5 Å². The van der Waals surface area contributed by atoms with Crippen LogP contribution in [0.1, 0.15) is 92.4 Å². The molecule has 4 aliphatic carbocycles. The van der Waals surface area contributed by atoms with Gasteiger partial charge in [-0.1, -0.05) is 27.7 Å². The third-order valence-corrected chi connectivity index (χ3v) is 11.3. The molecule has 0 aliphatic heterocycles. The van der Waals surface area contributed by atoms with E-state index in [1.165, 1.54) is 14.0 Å². The molecule has 198 valence electrons. The first-order chi connectivity index (χ1) is 16.5. The summed E-state index contributed by atoms with van der Waals surface area (Å²) in [5.41, 5.74) is -0.475. The first kappa shape index (κ1) is 26.6. The Morgan fingerprint density at radius 3 is 2.49 bits per heavy atom. The molecule has 0 aromatic rings. The molecule has 3 unspecified atom stereocenters. The van der Waals surface area contributed by atoms with Crippen LogP contribution in [0.4, 0.5) is 0 Å². The molecule has 0 saturated heterocycles. The number of fused-ring (bicyclic) bond motifs is 5. The Hall–Kier alpha value is -1.43. The molecule has 0 radical (unpaired) electrons. The lowest BCUT2D eigenvalue weighted by molar-refractivity contribution is -0.214. The van der Waals surface area contributed by atoms with E-state index in [1.54, 1.807) is 0 Å². The van der Waals surface area contributed by atoms with Crippen LogP contribution >= 0.6 is 0 Å². The highest BCUT2D eigenvalue weighted by Crippen LogP contribution is 2.69. The van der Waals surface area contributed by atoms with E-state index < -0.39 is 5.41 Å². The van der Waals surface area contributed by atoms with Gasteiger partial charge in [0.05, 0.1) is 13.2 Å². The minimum atomic E-state index is -0.454. The van der Waals surface area contributed by atoms with E-state index in [0.717, 1.165) is 44.9 Å². The lowest BCUT2D eigenvalue weighted by Gasteiger charge is -2.64. The van der Waals surface area contributed by atoms with Crippen LogP contribution in [0.15, 0.2) is 0 Å². The molecule has 0 heterocycles. The van der Waals surface area contributed by atoms with Crippen molar-refractivity contribution < 1.29 is 29.0 Å². The smallest absolute Gasteiger partial charge is 0.305 e. The lowest BCUT2D eigenvalue weighted by atomic mass is 9.41. The minimum absolute atomic E-state index is 0.0210. The standard InChI is InChI=1S/C29H46O6/c1-7-19-22-14-18(31)12-13-28(22,4)23-15-24(32)29(5)20(16(2)8-11-25(33)34-6)9-10-21(29)26(23)27(19)35-17(3)30/h16,18-23,26-27,31H,7-15H2,1-6H3/t16-,18-,19-,20-,21?,22+,23?,26?,27-,28+,29-/m1/s1. The van der Waals surface area contributed by atoms with E-state index in [1.807, 2.05) is 0 Å². The highest BCUT2D eigenvalue weighted by atomic mass is 16.5. The fourth-order valence-electron chi connectivity index (χ4n) is 9.59. The summed E-state index contributed by atoms with van der Waals surface area (Å²) in [6, 6.07) is 0. The third kappa shape index (κ3) is 4.26. The van der Waals surface area contributed by atoms with Gasteiger partial charge in [0.2, 0.25) is 0 Å². The molecule has 0 spiro atoms. The first-order valence-electron chi connectivity index (χ1n) is 13.9. The average molecular weight is 491 g/mol. The Labute approximate surface area is 210 Å². The number of Topliss-reactive ketones (excluding diaryl/α,β-unsaturated/α-hetero) is 1. The first-order valence-corrected chi connectivity index (χ1v) is 13.9. The van der Waals surface area contributed by atoms with Gasteiger partial charge in [-0.3, -0.25) is 14.4 Å². The number of aliphatic hydroxyl groups is 1. The van der Waals surface area contributed by atoms with Crippen molar-refractivity contribution in [2.24, 2.45) is 52.3 Å². The van der Waals surface area contributed by atoms with E-state index in [-0.39, 0.29) is 71.0 Å². The fraction of sp³-hybridized carbons (Fsp3) is 0.897. The van der Waals surface area contributed by atoms with Crippen LogP contribution in [0.2, 0.25) is 0 Å². The number of aliphatic hydroxyl groups excluding tert-OH is 1. The molecule has 6 nitrogen and oxygen atoms in total. The van der Waals surface area contributed by atoms with Crippen molar-refractivity contribution in [2.45, 2.75) is 105 Å². The number of methoxy groups -OCH3 is 1. The number of ketones is 1. The van der Waals surface area contributed by atoms with Crippen LogP contribution in [0.3, 0.4) is 0 Å². The van der Waals surface area contributed by atoms with Gasteiger partial charge in [0.15, 0.2) is 0 Å². The van der Waals surface area contributed by atoms with Gasteiger partial charge >= 0.3 is 11.9 Å². The molecule has 6 heteroatoms. The summed E-state index contributed by atoms with van der Waals surface area (Å²) in [7, 11) is 1.42. The van der Waals surface area contributed by atoms with Gasteiger partial charge < -0.3 is 14.6 Å². The van der Waals surface area contributed by atoms with Crippen LogP contribution in [-0.2, 0) is 23.9 Å². The quantitative estimate of drug-likeness (QED) is 0.530. The van der Waals surface area contributed by atoms with Crippen molar-refractivity contribution in [3.05, 3.63) is 0 Å². The zero-order valence-corrected chi connectivity index (χ0v) is 22.5. The van der Waals surface area contributed by atoms with Crippen molar-refractivity contribution in [1.29, 1.82) is 0 Å². The van der Waals surface area contributed by atoms with Gasteiger partial charge in [-0.25, -0.2) is 0 Å². The van der Waals surface area contributed by atoms with E-state index in [0.29, 0.717) is 18.6 Å². The zero-order valence-electron chi connectivity index (χ0n) is 22.5. The van der Waals surface area contributed by atoms with Crippen LogP contribution in [0.25, 0.3) is 0 Å². The highest BCUT2D eigenvalue weighted by molar-refractivity contribution is 5.87. The molecule has 4 rings (SSSR count). The summed E-state index contributed by atoms with van der Waals surface area (Å²) in [6.07, 6.45) is 6.43. The van der Waals surface area contributed by atoms with Gasteiger partial charge in [-0.05, 0) is 85.9 Å². The molecular formula is C29H46O6. The van der Waals surface area contributed by atoms with E-state index >= 15 is 0 Å². The number of ether oxygens (including phenoxy) is 2. The fourth-order valence-corrected chi connectivity index (χ4v) is 9.59. The van der Waals surface area contributed by atoms with Crippen molar-refractivity contribution in [3.8, 4) is 0 Å². The molecule has 1 N–H and O–H groups in total. The summed E-state index contributed by atoms with van der Waals surface area (Å²) in [4.78, 5) is 38.2. The van der Waals surface area contributed by atoms with Crippen LogP contribution in [0.5, 0.6) is 0 Å². The average Bonchev–Trinajstić information content (AvgIpc) is 3.17. The SMILES string of the molecule is CC[C@H]1[C@@H](OC(C)=O)C2C3CC[C@H]([C@H](C)CCC(=O)OC)[C@@]3(C)C(=O)CC2[C@@]2(C)CC[C@@H](O)C[C@@H]12. The third-order valence-electron chi connectivity index (χ3n) is 11.3. The maximum Gasteiger partial charge on any atom is 0.305 e. The Morgan fingerprint density at radius 2 is 1.86 bits per heavy atom. The predicted octanol–water partition coefficient (Wildman–Crippen LogP) is 4.95. The van der Waals surface area contributed by atoms with Crippen LogP contribution < -0.4 is 0 Å². The maximum atomic E-state index is 14.1. The molecule has 0 aromatic carbocycles. The van der Waals surface area contributed by atoms with Crippen molar-refractivity contribution in [3.63, 3.8) is 0 Å². The lowest BCUT2D eigenvalue weighted by Crippen LogP contribution is -2.64. The number of carbonyl (C=O) groups is 3. The highest BCUT2D eigenvalue weighted by Gasteiger charge is 2.68. The largest absolute Gasteiger partial charge is 0.469 e. The number of esters is 2. The molecule has 0 bridgehead atoms. The Kier molecular flexibility index (Phi) is 7.45. The molecule has 0 amide bonds. The molecular weight excluding hydrogens is 444 g/mol. The Morgan fingerprint density at radius 1 is 1.14 bits per heavy atom. The molecule has 35 heavy (non-hydrogen) atoms. The zero-order chi connectivity index (χ0) is 25.7. The molecule has 0 aromatic heterocycles. The molecule has 4 fully saturated rings. The number of rotatable bonds is 6. The van der Waals surface area contributed by atoms with E-state index in [2.05, 4.69) is 27.7 Å². The van der Waals surface area contributed by atoms with E-state index in [4.69, 9.17) is 9.47 Å². The number of hydrogen-bond donors (Lipinski definition) is 1. The summed E-state index contributed by atoms with van der Waals surface area (Å²) in [5, 5.41) is 10.6. The van der Waals surface area contributed by atoms with Gasteiger partial charge in [0.1, 0.15) is 11.9 Å². The molecule has 4 saturated carbocycles. The summed E-state index contributed by atoms with van der Waals surface area (Å²) in [6.45, 7) is 10.4. The second-order valence-corrected chi connectivity index (χ2v) is 12.7. The van der Waals surface area contributed by atoms with Crippen molar-refractivity contribution in [1.82, 2.24) is 0 Å². The predicted molar refractivity (Wildman–Crippen MR) is 132 cm³/mol. The van der Waals surface area contributed by atoms with Gasteiger partial charge in [0, 0.05) is 31.1 Å². The second-order valence-electron chi connectivity index (χ2n) is 12.7.